The maximum absolute atomic E-state index is 12.5. The van der Waals surface area contributed by atoms with Crippen LogP contribution in [-0.4, -0.2) is 15.5 Å². The normalized spacial score (nSPS) is 10.8. The van der Waals surface area contributed by atoms with Gasteiger partial charge in [0.15, 0.2) is 0 Å². The number of amides is 1. The lowest BCUT2D eigenvalue weighted by Crippen LogP contribution is -2.13. The molecule has 5 heteroatoms. The van der Waals surface area contributed by atoms with Crippen molar-refractivity contribution in [3.05, 3.63) is 77.9 Å². The van der Waals surface area contributed by atoms with Crippen molar-refractivity contribution in [2.45, 2.75) is 26.4 Å². The van der Waals surface area contributed by atoms with Crippen LogP contribution in [0.3, 0.4) is 0 Å². The van der Waals surface area contributed by atoms with Crippen molar-refractivity contribution in [1.29, 1.82) is 0 Å². The van der Waals surface area contributed by atoms with E-state index in [2.05, 4.69) is 24.1 Å². The second kappa shape index (κ2) is 7.87. The first kappa shape index (κ1) is 17.7. The minimum absolute atomic E-state index is 0.131. The van der Waals surface area contributed by atoms with Gasteiger partial charge in [0.1, 0.15) is 18.2 Å². The summed E-state index contributed by atoms with van der Waals surface area (Å²) in [5.74, 6) is 1.76. The van der Waals surface area contributed by atoms with Crippen molar-refractivity contribution in [1.82, 2.24) is 9.55 Å². The van der Waals surface area contributed by atoms with Crippen LogP contribution in [0.25, 0.3) is 0 Å². The van der Waals surface area contributed by atoms with Crippen LogP contribution in [-0.2, 0) is 13.7 Å². The van der Waals surface area contributed by atoms with E-state index in [1.54, 1.807) is 30.5 Å². The Balaban J connectivity index is 1.65. The van der Waals surface area contributed by atoms with E-state index in [-0.39, 0.29) is 5.91 Å². The van der Waals surface area contributed by atoms with Crippen LogP contribution in [0.4, 0.5) is 5.69 Å². The second-order valence-electron chi connectivity index (χ2n) is 6.46. The highest BCUT2D eigenvalue weighted by molar-refractivity contribution is 6.04. The molecule has 5 nitrogen and oxygen atoms in total. The van der Waals surface area contributed by atoms with Crippen molar-refractivity contribution in [3.63, 3.8) is 0 Å². The molecule has 1 amide bonds. The van der Waals surface area contributed by atoms with Gasteiger partial charge in [-0.05, 0) is 41.8 Å². The Morgan fingerprint density at radius 3 is 2.54 bits per heavy atom. The van der Waals surface area contributed by atoms with Crippen LogP contribution in [0.2, 0.25) is 0 Å². The van der Waals surface area contributed by atoms with Gasteiger partial charge in [-0.1, -0.05) is 32.0 Å². The molecule has 3 aromatic rings. The number of benzene rings is 2. The molecule has 0 aliphatic carbocycles. The first-order chi connectivity index (χ1) is 12.5. The van der Waals surface area contributed by atoms with Crippen LogP contribution in [0.1, 0.15) is 41.5 Å². The van der Waals surface area contributed by atoms with E-state index in [9.17, 15) is 4.79 Å². The van der Waals surface area contributed by atoms with Crippen LogP contribution in [0.5, 0.6) is 5.75 Å². The van der Waals surface area contributed by atoms with Gasteiger partial charge in [-0.25, -0.2) is 4.98 Å². The van der Waals surface area contributed by atoms with E-state index >= 15 is 0 Å². The number of para-hydroxylation sites is 1. The Morgan fingerprint density at radius 1 is 1.15 bits per heavy atom. The van der Waals surface area contributed by atoms with Gasteiger partial charge < -0.3 is 14.6 Å². The average molecular weight is 349 g/mol. The van der Waals surface area contributed by atoms with Gasteiger partial charge in [-0.2, -0.15) is 0 Å². The molecule has 0 atom stereocenters. The molecule has 134 valence electrons. The van der Waals surface area contributed by atoms with Gasteiger partial charge in [0.05, 0.1) is 0 Å². The molecule has 2 aromatic carbocycles. The predicted molar refractivity (Wildman–Crippen MR) is 102 cm³/mol. The highest BCUT2D eigenvalue weighted by atomic mass is 16.5. The van der Waals surface area contributed by atoms with Gasteiger partial charge in [0, 0.05) is 30.7 Å². The largest absolute Gasteiger partial charge is 0.486 e. The van der Waals surface area contributed by atoms with Gasteiger partial charge in [-0.3, -0.25) is 4.79 Å². The number of rotatable bonds is 6. The summed E-state index contributed by atoms with van der Waals surface area (Å²) in [6.45, 7) is 4.61. The van der Waals surface area contributed by atoms with Crippen molar-refractivity contribution in [3.8, 4) is 5.75 Å². The van der Waals surface area contributed by atoms with E-state index in [0.717, 1.165) is 17.1 Å². The van der Waals surface area contributed by atoms with E-state index in [4.69, 9.17) is 4.74 Å². The smallest absolute Gasteiger partial charge is 0.255 e. The standard InChI is InChI=1S/C21H23N3O2/c1-15(2)18-6-4-5-7-19(18)23-21(25)16-8-10-17(11-9-16)26-14-20-22-12-13-24(20)3/h4-13,15H,14H2,1-3H3,(H,23,25). The van der Waals surface area contributed by atoms with Crippen molar-refractivity contribution in [2.24, 2.45) is 7.05 Å². The second-order valence-corrected chi connectivity index (χ2v) is 6.46. The summed E-state index contributed by atoms with van der Waals surface area (Å²) < 4.78 is 7.63. The maximum Gasteiger partial charge on any atom is 0.255 e. The highest BCUT2D eigenvalue weighted by Crippen LogP contribution is 2.24. The zero-order valence-electron chi connectivity index (χ0n) is 15.3. The average Bonchev–Trinajstić information content (AvgIpc) is 3.05. The first-order valence-electron chi connectivity index (χ1n) is 8.64. The Kier molecular flexibility index (Phi) is 5.37. The highest BCUT2D eigenvalue weighted by Gasteiger charge is 2.11. The molecule has 26 heavy (non-hydrogen) atoms. The van der Waals surface area contributed by atoms with Crippen LogP contribution < -0.4 is 10.1 Å². The Bertz CT molecular complexity index is 882. The Labute approximate surface area is 153 Å². The van der Waals surface area contributed by atoms with Gasteiger partial charge in [0.2, 0.25) is 0 Å². The summed E-state index contributed by atoms with van der Waals surface area (Å²) >= 11 is 0. The van der Waals surface area contributed by atoms with Crippen molar-refractivity contribution in [2.75, 3.05) is 5.32 Å². The third-order valence-corrected chi connectivity index (χ3v) is 4.24. The monoisotopic (exact) mass is 349 g/mol. The molecule has 0 saturated heterocycles. The lowest BCUT2D eigenvalue weighted by Gasteiger charge is -2.14. The van der Waals surface area contributed by atoms with Crippen LogP contribution in [0, 0.1) is 0 Å². The fraction of sp³-hybridized carbons (Fsp3) is 0.238. The lowest BCUT2D eigenvalue weighted by atomic mass is 10.0. The molecule has 0 aliphatic heterocycles. The number of hydrogen-bond acceptors (Lipinski definition) is 3. The molecule has 1 N–H and O–H groups in total. The summed E-state index contributed by atoms with van der Waals surface area (Å²) in [5, 5.41) is 3.00. The predicted octanol–water partition coefficient (Wildman–Crippen LogP) is 4.37. The minimum atomic E-state index is -0.131. The zero-order valence-corrected chi connectivity index (χ0v) is 15.3. The molecule has 0 radical (unpaired) electrons. The molecule has 0 bridgehead atoms. The number of aryl methyl sites for hydroxylation is 1. The number of aromatic nitrogens is 2. The lowest BCUT2D eigenvalue weighted by molar-refractivity contribution is 0.102. The molecule has 0 unspecified atom stereocenters. The molecule has 0 spiro atoms. The summed E-state index contributed by atoms with van der Waals surface area (Å²) in [7, 11) is 1.92. The van der Waals surface area contributed by atoms with E-state index in [1.165, 1.54) is 0 Å². The minimum Gasteiger partial charge on any atom is -0.486 e. The molecule has 0 fully saturated rings. The topological polar surface area (TPSA) is 56.1 Å². The van der Waals surface area contributed by atoms with Crippen LogP contribution in [0.15, 0.2) is 60.9 Å². The Morgan fingerprint density at radius 2 is 1.88 bits per heavy atom. The molecular weight excluding hydrogens is 326 g/mol. The van der Waals surface area contributed by atoms with Gasteiger partial charge in [0.25, 0.3) is 5.91 Å². The Hall–Kier alpha value is -3.08. The number of ether oxygens (including phenoxy) is 1. The van der Waals surface area contributed by atoms with Gasteiger partial charge in [-0.15, -0.1) is 0 Å². The summed E-state index contributed by atoms with van der Waals surface area (Å²) in [6.07, 6.45) is 3.61. The number of imidazole rings is 1. The van der Waals surface area contributed by atoms with E-state index in [1.807, 2.05) is 42.1 Å². The number of anilines is 1. The van der Waals surface area contributed by atoms with E-state index in [0.29, 0.717) is 23.8 Å². The molecular formula is C21H23N3O2. The number of nitrogens with zero attached hydrogens (tertiary/aromatic N) is 2. The van der Waals surface area contributed by atoms with Crippen molar-refractivity contribution < 1.29 is 9.53 Å². The molecule has 1 heterocycles. The summed E-state index contributed by atoms with van der Waals surface area (Å²) in [5.41, 5.74) is 2.56. The SMILES string of the molecule is CC(C)c1ccccc1NC(=O)c1ccc(OCc2nccn2C)cc1. The fourth-order valence-corrected chi connectivity index (χ4v) is 2.69. The fourth-order valence-electron chi connectivity index (χ4n) is 2.69. The summed E-state index contributed by atoms with van der Waals surface area (Å²) in [4.78, 5) is 16.7. The number of carbonyl (C=O) groups excluding carboxylic acids is 1. The first-order valence-corrected chi connectivity index (χ1v) is 8.64. The molecule has 0 saturated carbocycles. The molecule has 1 aromatic heterocycles. The third kappa shape index (κ3) is 4.11. The molecule has 0 aliphatic rings. The third-order valence-electron chi connectivity index (χ3n) is 4.24. The number of nitrogens with one attached hydrogen (secondary N) is 1. The van der Waals surface area contributed by atoms with Crippen LogP contribution >= 0.6 is 0 Å². The van der Waals surface area contributed by atoms with E-state index < -0.39 is 0 Å². The summed E-state index contributed by atoms with van der Waals surface area (Å²) in [6, 6.07) is 15.0. The zero-order chi connectivity index (χ0) is 18.5. The van der Waals surface area contributed by atoms with Gasteiger partial charge >= 0.3 is 0 Å². The number of carbonyl (C=O) groups is 1. The molecule has 3 rings (SSSR count). The maximum atomic E-state index is 12.5. The number of hydrogen-bond donors (Lipinski definition) is 1. The quantitative estimate of drug-likeness (QED) is 0.719. The van der Waals surface area contributed by atoms with Crippen molar-refractivity contribution >= 4 is 11.6 Å².